The lowest BCUT2D eigenvalue weighted by Crippen LogP contribution is -2.29. The number of carbonyl (C=O) groups is 1. The molecule has 0 saturated carbocycles. The first-order valence-corrected chi connectivity index (χ1v) is 5.35. The number of rotatable bonds is 4. The number of nitrogens with one attached hydrogen (secondary N) is 1. The van der Waals surface area contributed by atoms with Crippen molar-refractivity contribution in [2.45, 2.75) is 13.8 Å². The van der Waals surface area contributed by atoms with Crippen LogP contribution in [0, 0.1) is 21.8 Å². The number of amides is 1. The third kappa shape index (κ3) is 2.93. The Morgan fingerprint density at radius 3 is 2.67 bits per heavy atom. The first-order chi connectivity index (χ1) is 8.34. The molecule has 3 N–H and O–H groups in total. The number of hydrogen-bond donors (Lipinski definition) is 2. The minimum atomic E-state index is -0.876. The maximum absolute atomic E-state index is 13.5. The van der Waals surface area contributed by atoms with Crippen molar-refractivity contribution in [3.05, 3.63) is 33.6 Å². The van der Waals surface area contributed by atoms with E-state index in [1.165, 1.54) is 0 Å². The Bertz CT molecular complexity index is 489. The number of hydrogen-bond acceptors (Lipinski definition) is 4. The minimum absolute atomic E-state index is 0.178. The Morgan fingerprint density at radius 2 is 2.17 bits per heavy atom. The smallest absolute Gasteiger partial charge is 0.293 e. The van der Waals surface area contributed by atoms with E-state index >= 15 is 0 Å². The number of benzene rings is 1. The molecule has 0 atom stereocenters. The van der Waals surface area contributed by atoms with Crippen molar-refractivity contribution in [2.24, 2.45) is 5.92 Å². The van der Waals surface area contributed by atoms with Crippen molar-refractivity contribution in [1.29, 1.82) is 0 Å². The maximum atomic E-state index is 13.5. The van der Waals surface area contributed by atoms with Gasteiger partial charge in [0.1, 0.15) is 17.1 Å². The van der Waals surface area contributed by atoms with Gasteiger partial charge in [0, 0.05) is 12.6 Å². The normalized spacial score (nSPS) is 10.4. The van der Waals surface area contributed by atoms with E-state index in [0.29, 0.717) is 6.54 Å². The fourth-order valence-corrected chi connectivity index (χ4v) is 1.36. The summed E-state index contributed by atoms with van der Waals surface area (Å²) in [7, 11) is 0. The van der Waals surface area contributed by atoms with Crippen LogP contribution in [0.15, 0.2) is 12.1 Å². The third-order valence-electron chi connectivity index (χ3n) is 2.27. The molecular formula is C11H14FN3O3. The van der Waals surface area contributed by atoms with Crippen LogP contribution in [0.2, 0.25) is 0 Å². The first-order valence-electron chi connectivity index (χ1n) is 5.35. The van der Waals surface area contributed by atoms with Gasteiger partial charge in [-0.2, -0.15) is 0 Å². The molecule has 0 radical (unpaired) electrons. The average Bonchev–Trinajstić information content (AvgIpc) is 2.25. The lowest BCUT2D eigenvalue weighted by Gasteiger charge is -2.10. The molecule has 0 heterocycles. The number of nitrogen functional groups attached to an aromatic ring is 1. The lowest BCUT2D eigenvalue weighted by atomic mass is 10.1. The summed E-state index contributed by atoms with van der Waals surface area (Å²) in [6.07, 6.45) is 0. The predicted octanol–water partition coefficient (Wildman–Crippen LogP) is 1.70. The number of nitro benzene ring substituents is 1. The van der Waals surface area contributed by atoms with Crippen LogP contribution in [0.4, 0.5) is 15.8 Å². The van der Waals surface area contributed by atoms with E-state index in [-0.39, 0.29) is 5.92 Å². The van der Waals surface area contributed by atoms with Gasteiger partial charge in [0.2, 0.25) is 0 Å². The zero-order valence-corrected chi connectivity index (χ0v) is 10.1. The van der Waals surface area contributed by atoms with Gasteiger partial charge in [-0.3, -0.25) is 14.9 Å². The van der Waals surface area contributed by atoms with Crippen LogP contribution in [0.5, 0.6) is 0 Å². The van der Waals surface area contributed by atoms with Crippen molar-refractivity contribution in [3.63, 3.8) is 0 Å². The summed E-state index contributed by atoms with van der Waals surface area (Å²) in [6.45, 7) is 4.07. The number of nitrogens with two attached hydrogens (primary N) is 1. The molecule has 0 unspecified atom stereocenters. The second-order valence-corrected chi connectivity index (χ2v) is 4.22. The molecule has 0 bridgehead atoms. The van der Waals surface area contributed by atoms with Crippen molar-refractivity contribution in [1.82, 2.24) is 5.32 Å². The van der Waals surface area contributed by atoms with Gasteiger partial charge in [0.25, 0.3) is 11.6 Å². The molecule has 0 spiro atoms. The molecule has 0 aromatic heterocycles. The predicted molar refractivity (Wildman–Crippen MR) is 64.6 cm³/mol. The van der Waals surface area contributed by atoms with E-state index in [9.17, 15) is 19.3 Å². The average molecular weight is 255 g/mol. The van der Waals surface area contributed by atoms with E-state index < -0.39 is 33.6 Å². The fourth-order valence-electron chi connectivity index (χ4n) is 1.36. The number of halogens is 1. The van der Waals surface area contributed by atoms with Crippen molar-refractivity contribution < 1.29 is 14.1 Å². The van der Waals surface area contributed by atoms with E-state index in [1.54, 1.807) is 0 Å². The lowest BCUT2D eigenvalue weighted by molar-refractivity contribution is -0.384. The zero-order chi connectivity index (χ0) is 13.9. The van der Waals surface area contributed by atoms with Gasteiger partial charge in [-0.1, -0.05) is 13.8 Å². The monoisotopic (exact) mass is 255 g/mol. The minimum Gasteiger partial charge on any atom is -0.392 e. The topological polar surface area (TPSA) is 98.3 Å². The molecule has 7 heteroatoms. The van der Waals surface area contributed by atoms with Crippen LogP contribution in [-0.2, 0) is 0 Å². The van der Waals surface area contributed by atoms with Crippen LogP contribution in [-0.4, -0.2) is 17.4 Å². The van der Waals surface area contributed by atoms with Crippen molar-refractivity contribution >= 4 is 17.3 Å². The van der Waals surface area contributed by atoms with Crippen molar-refractivity contribution in [2.75, 3.05) is 12.3 Å². The summed E-state index contributed by atoms with van der Waals surface area (Å²) < 4.78 is 13.5. The molecular weight excluding hydrogens is 241 g/mol. The second-order valence-electron chi connectivity index (χ2n) is 4.22. The highest BCUT2D eigenvalue weighted by Crippen LogP contribution is 2.27. The van der Waals surface area contributed by atoms with Gasteiger partial charge in [-0.15, -0.1) is 0 Å². The van der Waals surface area contributed by atoms with Gasteiger partial charge < -0.3 is 11.1 Å². The molecule has 0 fully saturated rings. The molecule has 6 nitrogen and oxygen atoms in total. The SMILES string of the molecule is CC(C)CNC(=O)c1c(F)ccc([N+](=O)[O-])c1N. The first kappa shape index (κ1) is 13.9. The summed E-state index contributed by atoms with van der Waals surface area (Å²) in [5, 5.41) is 13.1. The highest BCUT2D eigenvalue weighted by molar-refractivity contribution is 6.01. The molecule has 1 aromatic carbocycles. The molecule has 1 amide bonds. The largest absolute Gasteiger partial charge is 0.392 e. The van der Waals surface area contributed by atoms with Gasteiger partial charge in [0.05, 0.1) is 4.92 Å². The van der Waals surface area contributed by atoms with E-state index in [2.05, 4.69) is 5.32 Å². The second kappa shape index (κ2) is 5.44. The highest BCUT2D eigenvalue weighted by atomic mass is 19.1. The van der Waals surface area contributed by atoms with Crippen LogP contribution in [0.3, 0.4) is 0 Å². The molecule has 0 saturated heterocycles. The van der Waals surface area contributed by atoms with Crippen LogP contribution < -0.4 is 11.1 Å². The Kier molecular flexibility index (Phi) is 4.19. The number of nitro groups is 1. The van der Waals surface area contributed by atoms with Gasteiger partial charge in [0.15, 0.2) is 0 Å². The quantitative estimate of drug-likeness (QED) is 0.486. The van der Waals surface area contributed by atoms with E-state index in [0.717, 1.165) is 12.1 Å². The fraction of sp³-hybridized carbons (Fsp3) is 0.364. The summed E-state index contributed by atoms with van der Waals surface area (Å²) >= 11 is 0. The van der Waals surface area contributed by atoms with Crippen molar-refractivity contribution in [3.8, 4) is 0 Å². The van der Waals surface area contributed by atoms with Crippen LogP contribution >= 0.6 is 0 Å². The molecule has 1 rings (SSSR count). The zero-order valence-electron chi connectivity index (χ0n) is 10.1. The standard InChI is InChI=1S/C11H14FN3O3/c1-6(2)5-14-11(16)9-7(12)3-4-8(10(9)13)15(17)18/h3-4,6H,5,13H2,1-2H3,(H,14,16). The summed E-state index contributed by atoms with van der Waals surface area (Å²) in [5.74, 6) is -1.45. The van der Waals surface area contributed by atoms with Gasteiger partial charge in [-0.05, 0) is 12.0 Å². The number of anilines is 1. The molecule has 18 heavy (non-hydrogen) atoms. The van der Waals surface area contributed by atoms with Crippen LogP contribution in [0.1, 0.15) is 24.2 Å². The Balaban J connectivity index is 3.11. The van der Waals surface area contributed by atoms with Gasteiger partial charge >= 0.3 is 0 Å². The third-order valence-corrected chi connectivity index (χ3v) is 2.27. The van der Waals surface area contributed by atoms with E-state index in [1.807, 2.05) is 13.8 Å². The van der Waals surface area contributed by atoms with Crippen LogP contribution in [0.25, 0.3) is 0 Å². The molecule has 0 aliphatic heterocycles. The summed E-state index contributed by atoms with van der Waals surface area (Å²) in [6, 6.07) is 1.79. The van der Waals surface area contributed by atoms with Gasteiger partial charge in [-0.25, -0.2) is 4.39 Å². The Hall–Kier alpha value is -2.18. The Morgan fingerprint density at radius 1 is 1.56 bits per heavy atom. The summed E-state index contributed by atoms with van der Waals surface area (Å²) in [4.78, 5) is 21.6. The number of nitrogens with zero attached hydrogens (tertiary/aromatic N) is 1. The Labute approximate surface area is 103 Å². The summed E-state index contributed by atoms with van der Waals surface area (Å²) in [5.41, 5.74) is 4.03. The maximum Gasteiger partial charge on any atom is 0.293 e. The molecule has 0 aliphatic carbocycles. The molecule has 1 aromatic rings. The van der Waals surface area contributed by atoms with E-state index in [4.69, 9.17) is 5.73 Å². The molecule has 98 valence electrons. The highest BCUT2D eigenvalue weighted by Gasteiger charge is 2.23. The number of carbonyl (C=O) groups excluding carboxylic acids is 1. The molecule has 0 aliphatic rings.